The van der Waals surface area contributed by atoms with E-state index in [-0.39, 0.29) is 18.1 Å². The number of nitrogens with one attached hydrogen (secondary N) is 1. The summed E-state index contributed by atoms with van der Waals surface area (Å²) in [6.07, 6.45) is 4.11. The molecule has 1 aliphatic rings. The van der Waals surface area contributed by atoms with Gasteiger partial charge in [0, 0.05) is 12.1 Å². The molecular formula is C20H32N2O3. The molecule has 2 N–H and O–H groups in total. The Labute approximate surface area is 151 Å². The summed E-state index contributed by atoms with van der Waals surface area (Å²) in [5, 5.41) is 12.3. The molecule has 1 aromatic carbocycles. The van der Waals surface area contributed by atoms with E-state index in [1.165, 1.54) is 12.8 Å². The van der Waals surface area contributed by atoms with Crippen LogP contribution in [0.2, 0.25) is 0 Å². The van der Waals surface area contributed by atoms with Crippen LogP contribution in [-0.2, 0) is 11.4 Å². The second kappa shape index (κ2) is 8.68. The summed E-state index contributed by atoms with van der Waals surface area (Å²) >= 11 is 0. The fourth-order valence-electron chi connectivity index (χ4n) is 3.73. The Hall–Kier alpha value is -1.59. The molecule has 0 aliphatic heterocycles. The van der Waals surface area contributed by atoms with Gasteiger partial charge in [-0.3, -0.25) is 4.79 Å². The average Bonchev–Trinajstić information content (AvgIpc) is 2.59. The SMILES string of the molecule is CC1CCCC(CNC(=O)C(C)Oc2cccc(CO)c2)(N(C)C)C1. The lowest BCUT2D eigenvalue weighted by Gasteiger charge is -2.45. The number of aliphatic hydroxyl groups is 1. The van der Waals surface area contributed by atoms with Crippen molar-refractivity contribution in [1.82, 2.24) is 10.2 Å². The van der Waals surface area contributed by atoms with Crippen LogP contribution >= 0.6 is 0 Å². The number of hydrogen-bond donors (Lipinski definition) is 2. The summed E-state index contributed by atoms with van der Waals surface area (Å²) in [5.74, 6) is 1.18. The number of ether oxygens (including phenoxy) is 1. The molecule has 1 amide bonds. The minimum atomic E-state index is -0.575. The second-order valence-electron chi connectivity index (χ2n) is 7.60. The van der Waals surface area contributed by atoms with Gasteiger partial charge in [-0.25, -0.2) is 0 Å². The molecule has 3 unspecified atom stereocenters. The van der Waals surface area contributed by atoms with E-state index in [2.05, 4.69) is 31.2 Å². The lowest BCUT2D eigenvalue weighted by atomic mass is 9.75. The summed E-state index contributed by atoms with van der Waals surface area (Å²) in [5.41, 5.74) is 0.803. The Morgan fingerprint density at radius 1 is 1.48 bits per heavy atom. The summed E-state index contributed by atoms with van der Waals surface area (Å²) < 4.78 is 5.74. The first-order valence-electron chi connectivity index (χ1n) is 9.18. The highest BCUT2D eigenvalue weighted by atomic mass is 16.5. The van der Waals surface area contributed by atoms with Crippen LogP contribution in [0.1, 0.15) is 45.1 Å². The molecule has 0 aromatic heterocycles. The van der Waals surface area contributed by atoms with Crippen molar-refractivity contribution in [3.8, 4) is 5.75 Å². The molecule has 5 heteroatoms. The third-order valence-electron chi connectivity index (χ3n) is 5.37. The summed E-state index contributed by atoms with van der Waals surface area (Å²) in [6, 6.07) is 7.19. The van der Waals surface area contributed by atoms with Gasteiger partial charge in [-0.1, -0.05) is 31.9 Å². The number of hydrogen-bond acceptors (Lipinski definition) is 4. The first kappa shape index (κ1) is 19.7. The lowest BCUT2D eigenvalue weighted by Crippen LogP contribution is -2.56. The maximum Gasteiger partial charge on any atom is 0.260 e. The van der Waals surface area contributed by atoms with E-state index in [0.717, 1.165) is 18.4 Å². The summed E-state index contributed by atoms with van der Waals surface area (Å²) in [4.78, 5) is 14.7. The predicted octanol–water partition coefficient (Wildman–Crippen LogP) is 2.57. The Morgan fingerprint density at radius 2 is 2.24 bits per heavy atom. The predicted molar refractivity (Wildman–Crippen MR) is 99.5 cm³/mol. The van der Waals surface area contributed by atoms with E-state index in [4.69, 9.17) is 4.74 Å². The van der Waals surface area contributed by atoms with Crippen molar-refractivity contribution in [2.24, 2.45) is 5.92 Å². The van der Waals surface area contributed by atoms with Crippen LogP contribution in [0.5, 0.6) is 5.75 Å². The van der Waals surface area contributed by atoms with Crippen molar-refractivity contribution in [2.75, 3.05) is 20.6 Å². The standard InChI is InChI=1S/C20H32N2O3/c1-15-7-6-10-20(12-15,22(3)4)14-21-19(24)16(2)25-18-9-5-8-17(11-18)13-23/h5,8-9,11,15-16,23H,6-7,10,12-14H2,1-4H3,(H,21,24). The van der Waals surface area contributed by atoms with Crippen molar-refractivity contribution < 1.29 is 14.6 Å². The molecule has 1 fully saturated rings. The zero-order chi connectivity index (χ0) is 18.4. The molecule has 0 heterocycles. The third-order valence-corrected chi connectivity index (χ3v) is 5.37. The van der Waals surface area contributed by atoms with Crippen molar-refractivity contribution in [2.45, 2.75) is 57.8 Å². The first-order chi connectivity index (χ1) is 11.9. The Kier molecular flexibility index (Phi) is 6.85. The Bertz CT molecular complexity index is 576. The second-order valence-corrected chi connectivity index (χ2v) is 7.60. The van der Waals surface area contributed by atoms with E-state index in [1.54, 1.807) is 19.1 Å². The number of rotatable bonds is 7. The Balaban J connectivity index is 1.93. The highest BCUT2D eigenvalue weighted by Gasteiger charge is 2.37. The molecular weight excluding hydrogens is 316 g/mol. The average molecular weight is 348 g/mol. The highest BCUT2D eigenvalue weighted by Crippen LogP contribution is 2.35. The number of carbonyl (C=O) groups excluding carboxylic acids is 1. The molecule has 2 rings (SSSR count). The molecule has 5 nitrogen and oxygen atoms in total. The normalized spacial score (nSPS) is 24.8. The number of benzene rings is 1. The maximum atomic E-state index is 12.5. The molecule has 1 aliphatic carbocycles. The zero-order valence-electron chi connectivity index (χ0n) is 15.9. The van der Waals surface area contributed by atoms with Crippen molar-refractivity contribution in [3.63, 3.8) is 0 Å². The lowest BCUT2D eigenvalue weighted by molar-refractivity contribution is -0.128. The van der Waals surface area contributed by atoms with E-state index in [9.17, 15) is 9.90 Å². The molecule has 0 saturated heterocycles. The van der Waals surface area contributed by atoms with Crippen LogP contribution in [-0.4, -0.2) is 48.2 Å². The van der Waals surface area contributed by atoms with Gasteiger partial charge in [0.05, 0.1) is 6.61 Å². The minimum absolute atomic E-state index is 0.0316. The van der Waals surface area contributed by atoms with Gasteiger partial charge in [0.2, 0.25) is 0 Å². The molecule has 1 aromatic rings. The van der Waals surface area contributed by atoms with Gasteiger partial charge >= 0.3 is 0 Å². The largest absolute Gasteiger partial charge is 0.481 e. The van der Waals surface area contributed by atoms with Crippen molar-refractivity contribution in [3.05, 3.63) is 29.8 Å². The smallest absolute Gasteiger partial charge is 0.260 e. The van der Waals surface area contributed by atoms with Gasteiger partial charge in [-0.05, 0) is 57.5 Å². The van der Waals surface area contributed by atoms with Crippen molar-refractivity contribution in [1.29, 1.82) is 0 Å². The fraction of sp³-hybridized carbons (Fsp3) is 0.650. The monoisotopic (exact) mass is 348 g/mol. The van der Waals surface area contributed by atoms with Gasteiger partial charge in [0.15, 0.2) is 6.10 Å². The quantitative estimate of drug-likeness (QED) is 0.795. The molecule has 140 valence electrons. The van der Waals surface area contributed by atoms with E-state index in [1.807, 2.05) is 12.1 Å². The van der Waals surface area contributed by atoms with E-state index in [0.29, 0.717) is 18.2 Å². The topological polar surface area (TPSA) is 61.8 Å². The van der Waals surface area contributed by atoms with Crippen LogP contribution in [0, 0.1) is 5.92 Å². The van der Waals surface area contributed by atoms with Crippen LogP contribution in [0.15, 0.2) is 24.3 Å². The Morgan fingerprint density at radius 3 is 2.88 bits per heavy atom. The van der Waals surface area contributed by atoms with E-state index >= 15 is 0 Å². The van der Waals surface area contributed by atoms with E-state index < -0.39 is 6.10 Å². The number of aliphatic hydroxyl groups excluding tert-OH is 1. The van der Waals surface area contributed by atoms with Gasteiger partial charge in [-0.15, -0.1) is 0 Å². The molecule has 1 saturated carbocycles. The van der Waals surface area contributed by atoms with Gasteiger partial charge in [0.25, 0.3) is 5.91 Å². The zero-order valence-corrected chi connectivity index (χ0v) is 15.9. The fourth-order valence-corrected chi connectivity index (χ4v) is 3.73. The minimum Gasteiger partial charge on any atom is -0.481 e. The summed E-state index contributed by atoms with van der Waals surface area (Å²) in [7, 11) is 4.20. The molecule has 0 radical (unpaired) electrons. The number of carbonyl (C=O) groups is 1. The first-order valence-corrected chi connectivity index (χ1v) is 9.18. The van der Waals surface area contributed by atoms with Crippen LogP contribution in [0.4, 0.5) is 0 Å². The van der Waals surface area contributed by atoms with Crippen molar-refractivity contribution >= 4 is 5.91 Å². The van der Waals surface area contributed by atoms with Crippen LogP contribution < -0.4 is 10.1 Å². The van der Waals surface area contributed by atoms with Gasteiger partial charge in [-0.2, -0.15) is 0 Å². The summed E-state index contributed by atoms with van der Waals surface area (Å²) in [6.45, 7) is 4.65. The number of amides is 1. The molecule has 3 atom stereocenters. The third kappa shape index (κ3) is 5.19. The molecule has 0 spiro atoms. The van der Waals surface area contributed by atoms with Crippen LogP contribution in [0.25, 0.3) is 0 Å². The molecule has 0 bridgehead atoms. The van der Waals surface area contributed by atoms with Gasteiger partial charge < -0.3 is 20.1 Å². The highest BCUT2D eigenvalue weighted by molar-refractivity contribution is 5.80. The van der Waals surface area contributed by atoms with Crippen LogP contribution in [0.3, 0.4) is 0 Å². The number of nitrogens with zero attached hydrogens (tertiary/aromatic N) is 1. The molecule has 25 heavy (non-hydrogen) atoms. The van der Waals surface area contributed by atoms with Gasteiger partial charge in [0.1, 0.15) is 5.75 Å². The maximum absolute atomic E-state index is 12.5. The number of likely N-dealkylation sites (N-methyl/N-ethyl adjacent to an activating group) is 1.